The van der Waals surface area contributed by atoms with Crippen molar-refractivity contribution < 1.29 is 0 Å². The van der Waals surface area contributed by atoms with Crippen LogP contribution >= 0.6 is 11.8 Å². The van der Waals surface area contributed by atoms with Crippen LogP contribution in [0.4, 0.5) is 5.69 Å². The van der Waals surface area contributed by atoms with E-state index in [2.05, 4.69) is 53.2 Å². The summed E-state index contributed by atoms with van der Waals surface area (Å²) in [5.41, 5.74) is 3.17. The Balaban J connectivity index is 1.73. The molecule has 1 heterocycles. The van der Waals surface area contributed by atoms with Crippen molar-refractivity contribution >= 4 is 17.4 Å². The fraction of sp³-hybridized carbons (Fsp3) is 0.588. The van der Waals surface area contributed by atoms with Gasteiger partial charge in [-0.15, -0.1) is 0 Å². The topological polar surface area (TPSA) is 39.1 Å². The van der Waals surface area contributed by atoms with E-state index in [1.807, 2.05) is 0 Å². The highest BCUT2D eigenvalue weighted by Gasteiger charge is 2.22. The third kappa shape index (κ3) is 3.72. The maximum absolute atomic E-state index is 9.48. The number of benzene rings is 1. The van der Waals surface area contributed by atoms with Crippen LogP contribution in [0.25, 0.3) is 0 Å². The second-order valence-electron chi connectivity index (χ2n) is 5.97. The van der Waals surface area contributed by atoms with Gasteiger partial charge in [-0.1, -0.05) is 13.0 Å². The van der Waals surface area contributed by atoms with Crippen molar-refractivity contribution in [1.29, 1.82) is 5.26 Å². The quantitative estimate of drug-likeness (QED) is 0.907. The zero-order valence-electron chi connectivity index (χ0n) is 12.6. The van der Waals surface area contributed by atoms with Crippen LogP contribution in [-0.4, -0.2) is 30.1 Å². The molecule has 0 aromatic heterocycles. The van der Waals surface area contributed by atoms with E-state index >= 15 is 0 Å². The molecule has 3 nitrogen and oxygen atoms in total. The minimum atomic E-state index is 0.696. The first-order valence-corrected chi connectivity index (χ1v) is 8.98. The molecule has 1 aromatic rings. The molecule has 1 saturated carbocycles. The molecule has 1 aliphatic heterocycles. The van der Waals surface area contributed by atoms with E-state index in [4.69, 9.17) is 0 Å². The summed E-state index contributed by atoms with van der Waals surface area (Å²) in [4.78, 5) is 2.39. The maximum atomic E-state index is 9.48. The normalized spacial score (nSPS) is 22.1. The smallest absolute Gasteiger partial charge is 0.101 e. The fourth-order valence-electron chi connectivity index (χ4n) is 2.79. The van der Waals surface area contributed by atoms with Gasteiger partial charge in [-0.3, -0.25) is 0 Å². The van der Waals surface area contributed by atoms with E-state index in [1.54, 1.807) is 0 Å². The zero-order chi connectivity index (χ0) is 14.7. The zero-order valence-corrected chi connectivity index (χ0v) is 13.5. The molecule has 0 amide bonds. The van der Waals surface area contributed by atoms with Gasteiger partial charge in [0.2, 0.25) is 0 Å². The summed E-state index contributed by atoms with van der Waals surface area (Å²) in [5, 5.41) is 13.7. The molecule has 1 N–H and O–H groups in total. The molecule has 2 aliphatic rings. The highest BCUT2D eigenvalue weighted by molar-refractivity contribution is 8.00. The summed E-state index contributed by atoms with van der Waals surface area (Å²) in [6.45, 7) is 5.25. The van der Waals surface area contributed by atoms with Crippen LogP contribution in [0.3, 0.4) is 0 Å². The number of nitrogens with zero attached hydrogens (tertiary/aromatic N) is 2. The first-order valence-electron chi connectivity index (χ1n) is 7.93. The Morgan fingerprint density at radius 3 is 3.00 bits per heavy atom. The third-order valence-corrected chi connectivity index (χ3v) is 5.66. The molecular weight excluding hydrogens is 278 g/mol. The summed E-state index contributed by atoms with van der Waals surface area (Å²) >= 11 is 2.06. The lowest BCUT2D eigenvalue weighted by Crippen LogP contribution is -2.38. The van der Waals surface area contributed by atoms with E-state index < -0.39 is 0 Å². The molecule has 1 aromatic carbocycles. The van der Waals surface area contributed by atoms with Crippen molar-refractivity contribution in [3.63, 3.8) is 0 Å². The van der Waals surface area contributed by atoms with Crippen LogP contribution in [-0.2, 0) is 6.54 Å². The molecule has 4 heteroatoms. The largest absolute Gasteiger partial charge is 0.369 e. The average Bonchev–Trinajstić information content (AvgIpc) is 3.37. The Bertz CT molecular complexity index is 533. The summed E-state index contributed by atoms with van der Waals surface area (Å²) < 4.78 is 0. The van der Waals surface area contributed by atoms with Gasteiger partial charge in [-0.25, -0.2) is 0 Å². The van der Waals surface area contributed by atoms with Gasteiger partial charge in [0.05, 0.1) is 11.3 Å². The molecule has 1 atom stereocenters. The highest BCUT2D eigenvalue weighted by atomic mass is 32.2. The number of thioether (sulfide) groups is 1. The molecule has 0 radical (unpaired) electrons. The molecule has 1 saturated heterocycles. The lowest BCUT2D eigenvalue weighted by molar-refractivity contribution is 0.687. The van der Waals surface area contributed by atoms with Gasteiger partial charge in [-0.2, -0.15) is 17.0 Å². The van der Waals surface area contributed by atoms with Crippen molar-refractivity contribution in [2.45, 2.75) is 44.0 Å². The number of anilines is 1. The van der Waals surface area contributed by atoms with Gasteiger partial charge in [0.15, 0.2) is 0 Å². The van der Waals surface area contributed by atoms with Crippen LogP contribution in [0, 0.1) is 11.3 Å². The predicted octanol–water partition coefficient (Wildman–Crippen LogP) is 3.14. The van der Waals surface area contributed by atoms with E-state index in [-0.39, 0.29) is 0 Å². The second-order valence-corrected chi connectivity index (χ2v) is 7.37. The summed E-state index contributed by atoms with van der Waals surface area (Å²) in [7, 11) is 0. The Kier molecular flexibility index (Phi) is 4.72. The minimum absolute atomic E-state index is 0.696. The third-order valence-electron chi connectivity index (χ3n) is 4.29. The van der Waals surface area contributed by atoms with Crippen molar-refractivity contribution in [2.75, 3.05) is 23.7 Å². The molecule has 3 rings (SSSR count). The highest BCUT2D eigenvalue weighted by Crippen LogP contribution is 2.29. The summed E-state index contributed by atoms with van der Waals surface area (Å²) in [6.07, 6.45) is 3.80. The first-order chi connectivity index (χ1) is 10.3. The van der Waals surface area contributed by atoms with Crippen molar-refractivity contribution in [1.82, 2.24) is 5.32 Å². The first kappa shape index (κ1) is 14.7. The molecular formula is C17H23N3S. The number of rotatable bonds is 5. The van der Waals surface area contributed by atoms with E-state index in [1.165, 1.54) is 24.8 Å². The lowest BCUT2D eigenvalue weighted by Gasteiger charge is -2.34. The van der Waals surface area contributed by atoms with Gasteiger partial charge >= 0.3 is 0 Å². The van der Waals surface area contributed by atoms with Crippen LogP contribution in [0.5, 0.6) is 0 Å². The fourth-order valence-corrected chi connectivity index (χ4v) is 3.97. The van der Waals surface area contributed by atoms with Gasteiger partial charge in [0, 0.05) is 36.7 Å². The minimum Gasteiger partial charge on any atom is -0.369 e. The second kappa shape index (κ2) is 6.72. The molecule has 21 heavy (non-hydrogen) atoms. The van der Waals surface area contributed by atoms with Crippen molar-refractivity contribution in [3.8, 4) is 6.07 Å². The Labute approximate surface area is 131 Å². The number of hydrogen-bond acceptors (Lipinski definition) is 4. The lowest BCUT2D eigenvalue weighted by atomic mass is 10.1. The molecule has 1 aliphatic carbocycles. The number of nitriles is 1. The van der Waals surface area contributed by atoms with Crippen LogP contribution in [0.1, 0.15) is 37.3 Å². The van der Waals surface area contributed by atoms with E-state index in [0.29, 0.717) is 11.3 Å². The number of nitrogens with one attached hydrogen (secondary N) is 1. The van der Waals surface area contributed by atoms with Gasteiger partial charge < -0.3 is 10.2 Å². The van der Waals surface area contributed by atoms with Gasteiger partial charge in [0.1, 0.15) is 6.07 Å². The molecule has 0 spiro atoms. The molecule has 1 unspecified atom stereocenters. The van der Waals surface area contributed by atoms with Crippen LogP contribution < -0.4 is 10.2 Å². The monoisotopic (exact) mass is 301 g/mol. The summed E-state index contributed by atoms with van der Waals surface area (Å²) in [5.74, 6) is 1.16. The van der Waals surface area contributed by atoms with Crippen LogP contribution in [0.2, 0.25) is 0 Å². The number of hydrogen-bond donors (Lipinski definition) is 1. The molecule has 0 bridgehead atoms. The SMILES string of the molecule is CCC1CN(c2ccc(CNC3CC3)cc2C#N)CCS1. The predicted molar refractivity (Wildman–Crippen MR) is 89.8 cm³/mol. The van der Waals surface area contributed by atoms with Gasteiger partial charge in [-0.05, 0) is 37.0 Å². The van der Waals surface area contributed by atoms with E-state index in [0.717, 1.165) is 36.6 Å². The van der Waals surface area contributed by atoms with Crippen molar-refractivity contribution in [2.24, 2.45) is 0 Å². The molecule has 112 valence electrons. The van der Waals surface area contributed by atoms with Gasteiger partial charge in [0.25, 0.3) is 0 Å². The summed E-state index contributed by atoms with van der Waals surface area (Å²) in [6, 6.07) is 9.48. The Morgan fingerprint density at radius 1 is 1.43 bits per heavy atom. The standard InChI is InChI=1S/C17H23N3S/c1-2-16-12-20(7-8-21-16)17-6-3-13(9-14(17)10-18)11-19-15-4-5-15/h3,6,9,15-16,19H,2,4-5,7-8,11-12H2,1H3. The maximum Gasteiger partial charge on any atom is 0.101 e. The Hall–Kier alpha value is -1.18. The Morgan fingerprint density at radius 2 is 2.29 bits per heavy atom. The van der Waals surface area contributed by atoms with Crippen LogP contribution in [0.15, 0.2) is 18.2 Å². The average molecular weight is 301 g/mol. The van der Waals surface area contributed by atoms with E-state index in [9.17, 15) is 5.26 Å². The van der Waals surface area contributed by atoms with Crippen molar-refractivity contribution in [3.05, 3.63) is 29.3 Å². The molecule has 2 fully saturated rings.